The lowest BCUT2D eigenvalue weighted by molar-refractivity contribution is 0.300. The van der Waals surface area contributed by atoms with Gasteiger partial charge in [0.1, 0.15) is 11.4 Å². The van der Waals surface area contributed by atoms with E-state index in [4.69, 9.17) is 0 Å². The average molecular weight is 237 g/mol. The number of nitrogens with zero attached hydrogens (tertiary/aromatic N) is 2. The maximum Gasteiger partial charge on any atom is 0.121 e. The molecule has 5 heteroatoms. The SMILES string of the molecule is Cc1nonc1CNC(C)Cc1cccs1. The molecule has 0 aliphatic carbocycles. The molecule has 16 heavy (non-hydrogen) atoms. The minimum Gasteiger partial charge on any atom is -0.308 e. The summed E-state index contributed by atoms with van der Waals surface area (Å²) < 4.78 is 4.65. The quantitative estimate of drug-likeness (QED) is 0.865. The number of aryl methyl sites for hydroxylation is 1. The largest absolute Gasteiger partial charge is 0.308 e. The molecule has 2 rings (SSSR count). The van der Waals surface area contributed by atoms with Gasteiger partial charge in [-0.2, -0.15) is 0 Å². The summed E-state index contributed by atoms with van der Waals surface area (Å²) in [5.41, 5.74) is 1.74. The molecule has 0 bridgehead atoms. The van der Waals surface area contributed by atoms with Gasteiger partial charge in [0.15, 0.2) is 0 Å². The van der Waals surface area contributed by atoms with Gasteiger partial charge in [0.25, 0.3) is 0 Å². The van der Waals surface area contributed by atoms with E-state index in [1.54, 1.807) is 11.3 Å². The molecule has 1 N–H and O–H groups in total. The predicted octanol–water partition coefficient (Wildman–Crippen LogP) is 2.16. The van der Waals surface area contributed by atoms with Crippen molar-refractivity contribution < 1.29 is 4.63 Å². The first-order chi connectivity index (χ1) is 7.75. The highest BCUT2D eigenvalue weighted by Crippen LogP contribution is 2.11. The van der Waals surface area contributed by atoms with Gasteiger partial charge in [-0.1, -0.05) is 16.4 Å². The van der Waals surface area contributed by atoms with Gasteiger partial charge in [-0.05, 0) is 31.7 Å². The van der Waals surface area contributed by atoms with Crippen molar-refractivity contribution in [2.75, 3.05) is 0 Å². The van der Waals surface area contributed by atoms with Gasteiger partial charge in [-0.3, -0.25) is 0 Å². The van der Waals surface area contributed by atoms with Crippen molar-refractivity contribution in [2.45, 2.75) is 32.9 Å². The molecule has 0 amide bonds. The third-order valence-corrected chi connectivity index (χ3v) is 3.35. The molecule has 1 atom stereocenters. The van der Waals surface area contributed by atoms with Gasteiger partial charge in [0.2, 0.25) is 0 Å². The van der Waals surface area contributed by atoms with Crippen LogP contribution in [-0.2, 0) is 13.0 Å². The maximum absolute atomic E-state index is 4.65. The molecule has 2 aromatic rings. The van der Waals surface area contributed by atoms with Crippen LogP contribution in [0.1, 0.15) is 23.2 Å². The normalized spacial score (nSPS) is 12.9. The first kappa shape index (κ1) is 11.3. The van der Waals surface area contributed by atoms with Crippen molar-refractivity contribution in [3.63, 3.8) is 0 Å². The van der Waals surface area contributed by atoms with Crippen LogP contribution in [0.4, 0.5) is 0 Å². The van der Waals surface area contributed by atoms with Crippen LogP contribution >= 0.6 is 11.3 Å². The molecule has 2 heterocycles. The van der Waals surface area contributed by atoms with Crippen LogP contribution in [0, 0.1) is 6.92 Å². The highest BCUT2D eigenvalue weighted by Gasteiger charge is 2.08. The summed E-state index contributed by atoms with van der Waals surface area (Å²) in [4.78, 5) is 1.40. The van der Waals surface area contributed by atoms with Gasteiger partial charge in [-0.25, -0.2) is 4.63 Å². The van der Waals surface area contributed by atoms with E-state index in [-0.39, 0.29) is 0 Å². The predicted molar refractivity (Wildman–Crippen MR) is 63.4 cm³/mol. The van der Waals surface area contributed by atoms with Gasteiger partial charge in [-0.15, -0.1) is 11.3 Å². The fourth-order valence-corrected chi connectivity index (χ4v) is 2.32. The van der Waals surface area contributed by atoms with E-state index in [9.17, 15) is 0 Å². The molecule has 0 fully saturated rings. The summed E-state index contributed by atoms with van der Waals surface area (Å²) in [6.07, 6.45) is 1.04. The Morgan fingerprint density at radius 3 is 3.00 bits per heavy atom. The van der Waals surface area contributed by atoms with Crippen LogP contribution in [0.25, 0.3) is 0 Å². The molecular formula is C11H15N3OS. The fraction of sp³-hybridized carbons (Fsp3) is 0.455. The van der Waals surface area contributed by atoms with Crippen LogP contribution in [0.5, 0.6) is 0 Å². The first-order valence-corrected chi connectivity index (χ1v) is 6.17. The zero-order valence-electron chi connectivity index (χ0n) is 9.43. The van der Waals surface area contributed by atoms with E-state index < -0.39 is 0 Å². The van der Waals surface area contributed by atoms with E-state index in [1.165, 1.54) is 4.88 Å². The van der Waals surface area contributed by atoms with Crippen molar-refractivity contribution in [1.29, 1.82) is 0 Å². The third-order valence-electron chi connectivity index (χ3n) is 2.45. The molecule has 1 unspecified atom stereocenters. The topological polar surface area (TPSA) is 51.0 Å². The Hall–Kier alpha value is -1.20. The lowest BCUT2D eigenvalue weighted by atomic mass is 10.2. The van der Waals surface area contributed by atoms with Crippen LogP contribution in [0.3, 0.4) is 0 Å². The Labute approximate surface area is 98.6 Å². The van der Waals surface area contributed by atoms with E-state index in [0.29, 0.717) is 12.6 Å². The number of rotatable bonds is 5. The van der Waals surface area contributed by atoms with E-state index in [1.807, 2.05) is 6.92 Å². The Morgan fingerprint density at radius 1 is 1.50 bits per heavy atom. The summed E-state index contributed by atoms with van der Waals surface area (Å²) in [6, 6.07) is 4.67. The summed E-state index contributed by atoms with van der Waals surface area (Å²) in [6.45, 7) is 4.78. The molecule has 0 radical (unpaired) electrons. The molecule has 0 saturated heterocycles. The molecule has 4 nitrogen and oxygen atoms in total. The van der Waals surface area contributed by atoms with Crippen molar-refractivity contribution in [1.82, 2.24) is 15.6 Å². The number of thiophene rings is 1. The lowest BCUT2D eigenvalue weighted by Gasteiger charge is -2.11. The van der Waals surface area contributed by atoms with E-state index in [2.05, 4.69) is 44.7 Å². The van der Waals surface area contributed by atoms with Crippen LogP contribution in [-0.4, -0.2) is 16.4 Å². The second-order valence-electron chi connectivity index (χ2n) is 3.86. The minimum atomic E-state index is 0.426. The maximum atomic E-state index is 4.65. The first-order valence-electron chi connectivity index (χ1n) is 5.29. The van der Waals surface area contributed by atoms with Gasteiger partial charge < -0.3 is 5.32 Å². The molecule has 86 valence electrons. The highest BCUT2D eigenvalue weighted by atomic mass is 32.1. The molecule has 2 aromatic heterocycles. The average Bonchev–Trinajstić information content (AvgIpc) is 2.87. The zero-order valence-corrected chi connectivity index (χ0v) is 10.3. The van der Waals surface area contributed by atoms with Crippen LogP contribution in [0.2, 0.25) is 0 Å². The fourth-order valence-electron chi connectivity index (χ4n) is 1.48. The molecule has 0 saturated carbocycles. The molecular weight excluding hydrogens is 222 g/mol. The summed E-state index contributed by atoms with van der Waals surface area (Å²) in [7, 11) is 0. The second-order valence-corrected chi connectivity index (χ2v) is 4.89. The molecule has 0 aromatic carbocycles. The minimum absolute atomic E-state index is 0.426. The highest BCUT2D eigenvalue weighted by molar-refractivity contribution is 7.09. The van der Waals surface area contributed by atoms with Crippen molar-refractivity contribution in [2.24, 2.45) is 0 Å². The Bertz CT molecular complexity index is 424. The summed E-state index contributed by atoms with van der Waals surface area (Å²) in [5, 5.41) is 13.1. The smallest absolute Gasteiger partial charge is 0.121 e. The number of aromatic nitrogens is 2. The number of hydrogen-bond donors (Lipinski definition) is 1. The van der Waals surface area contributed by atoms with Crippen molar-refractivity contribution >= 4 is 11.3 Å². The Balaban J connectivity index is 1.80. The zero-order chi connectivity index (χ0) is 11.4. The number of nitrogens with one attached hydrogen (secondary N) is 1. The Kier molecular flexibility index (Phi) is 3.69. The van der Waals surface area contributed by atoms with E-state index >= 15 is 0 Å². The summed E-state index contributed by atoms with van der Waals surface area (Å²) >= 11 is 1.79. The van der Waals surface area contributed by atoms with Gasteiger partial charge in [0, 0.05) is 17.5 Å². The third kappa shape index (κ3) is 2.90. The monoisotopic (exact) mass is 237 g/mol. The van der Waals surface area contributed by atoms with Crippen LogP contribution < -0.4 is 5.32 Å². The molecule has 0 aliphatic rings. The van der Waals surface area contributed by atoms with E-state index in [0.717, 1.165) is 17.8 Å². The van der Waals surface area contributed by atoms with Crippen molar-refractivity contribution in [3.05, 3.63) is 33.8 Å². The standard InChI is InChI=1S/C11H15N3OS/c1-8(6-10-4-3-5-16-10)12-7-11-9(2)13-15-14-11/h3-5,8,12H,6-7H2,1-2H3. The van der Waals surface area contributed by atoms with Gasteiger partial charge in [0.05, 0.1) is 0 Å². The molecule has 0 aliphatic heterocycles. The number of hydrogen-bond acceptors (Lipinski definition) is 5. The molecule has 0 spiro atoms. The summed E-state index contributed by atoms with van der Waals surface area (Å²) in [5.74, 6) is 0. The van der Waals surface area contributed by atoms with Crippen LogP contribution in [0.15, 0.2) is 22.1 Å². The lowest BCUT2D eigenvalue weighted by Crippen LogP contribution is -2.27. The second kappa shape index (κ2) is 5.23. The van der Waals surface area contributed by atoms with Gasteiger partial charge >= 0.3 is 0 Å². The van der Waals surface area contributed by atoms with Crippen molar-refractivity contribution in [3.8, 4) is 0 Å². The Morgan fingerprint density at radius 2 is 2.38 bits per heavy atom.